The van der Waals surface area contributed by atoms with Gasteiger partial charge >= 0.3 is 0 Å². The molecule has 0 bridgehead atoms. The first-order valence-electron chi connectivity index (χ1n) is 13.0. The highest BCUT2D eigenvalue weighted by atomic mass is 32.2. The molecule has 1 aromatic heterocycles. The van der Waals surface area contributed by atoms with Crippen molar-refractivity contribution in [3.05, 3.63) is 72.1 Å². The summed E-state index contributed by atoms with van der Waals surface area (Å²) in [4.78, 5) is 6.66. The van der Waals surface area contributed by atoms with Crippen LogP contribution in [0.2, 0.25) is 0 Å². The Morgan fingerprint density at radius 2 is 1.69 bits per heavy atom. The van der Waals surface area contributed by atoms with Gasteiger partial charge in [0.1, 0.15) is 5.75 Å². The first-order chi connectivity index (χ1) is 18.8. The maximum Gasteiger partial charge on any atom is 0.243 e. The van der Waals surface area contributed by atoms with E-state index in [4.69, 9.17) is 9.47 Å². The third-order valence-corrected chi connectivity index (χ3v) is 10.5. The van der Waals surface area contributed by atoms with Gasteiger partial charge in [0.05, 0.1) is 49.4 Å². The van der Waals surface area contributed by atoms with E-state index in [0.29, 0.717) is 36.8 Å². The summed E-state index contributed by atoms with van der Waals surface area (Å²) in [5.74, 6) is 0.399. The molecule has 0 amide bonds. The van der Waals surface area contributed by atoms with Crippen molar-refractivity contribution in [1.82, 2.24) is 18.8 Å². The number of imidazole rings is 1. The molecule has 39 heavy (non-hydrogen) atoms. The van der Waals surface area contributed by atoms with Gasteiger partial charge in [-0.2, -0.15) is 4.31 Å². The van der Waals surface area contributed by atoms with Gasteiger partial charge in [0, 0.05) is 32.2 Å². The number of hydrogen-bond acceptors (Lipinski definition) is 8. The van der Waals surface area contributed by atoms with Crippen LogP contribution in [-0.2, 0) is 36.9 Å². The highest BCUT2D eigenvalue weighted by Crippen LogP contribution is 2.39. The van der Waals surface area contributed by atoms with Crippen LogP contribution in [0, 0.1) is 0 Å². The highest BCUT2D eigenvalue weighted by molar-refractivity contribution is 7.90. The third kappa shape index (κ3) is 6.52. The molecular formula is C27H34N4O6S2. The van der Waals surface area contributed by atoms with E-state index >= 15 is 0 Å². The molecule has 1 saturated heterocycles. The molecule has 10 nitrogen and oxygen atoms in total. The van der Waals surface area contributed by atoms with Gasteiger partial charge in [-0.15, -0.1) is 0 Å². The molecule has 0 atom stereocenters. The number of sulfone groups is 1. The topological polar surface area (TPSA) is 111 Å². The number of morpholine rings is 1. The molecular weight excluding hydrogens is 540 g/mol. The largest absolute Gasteiger partial charge is 0.497 e. The van der Waals surface area contributed by atoms with Crippen molar-refractivity contribution < 1.29 is 26.3 Å². The fourth-order valence-corrected chi connectivity index (χ4v) is 7.69. The lowest BCUT2D eigenvalue weighted by Crippen LogP contribution is -2.43. The standard InChI is InChI=1S/C27H34N4O6S2/c1-36-25-9-11-26(12-10-25)39(34,35)30(14-13-29-15-17-37-18-16-29)20-24-19-28-27(31(24)23-7-8-23)38(32,33)21-22-5-3-2-4-6-22/h2-6,9-12,19,23H,7-8,13-18,20-21H2,1H3. The Morgan fingerprint density at radius 1 is 1.00 bits per heavy atom. The van der Waals surface area contributed by atoms with E-state index in [2.05, 4.69) is 9.88 Å². The minimum absolute atomic E-state index is 0.00109. The fourth-order valence-electron chi connectivity index (χ4n) is 4.75. The molecule has 2 heterocycles. The molecule has 2 fully saturated rings. The SMILES string of the molecule is COc1ccc(S(=O)(=O)N(CCN2CCOCC2)Cc2cnc(S(=O)(=O)Cc3ccccc3)n2C2CC2)cc1. The summed E-state index contributed by atoms with van der Waals surface area (Å²) in [5.41, 5.74) is 1.25. The van der Waals surface area contributed by atoms with Crippen LogP contribution in [0.5, 0.6) is 5.75 Å². The molecule has 1 aliphatic heterocycles. The van der Waals surface area contributed by atoms with E-state index < -0.39 is 19.9 Å². The highest BCUT2D eigenvalue weighted by Gasteiger charge is 2.35. The summed E-state index contributed by atoms with van der Waals surface area (Å²) in [5, 5.41) is -0.00109. The predicted octanol–water partition coefficient (Wildman–Crippen LogP) is 2.72. The zero-order valence-corrected chi connectivity index (χ0v) is 23.6. The lowest BCUT2D eigenvalue weighted by atomic mass is 10.2. The van der Waals surface area contributed by atoms with Gasteiger partial charge in [-0.3, -0.25) is 4.90 Å². The normalized spacial score (nSPS) is 17.0. The van der Waals surface area contributed by atoms with Crippen LogP contribution in [0.25, 0.3) is 0 Å². The maximum atomic E-state index is 13.8. The molecule has 1 saturated carbocycles. The van der Waals surface area contributed by atoms with E-state index in [1.54, 1.807) is 41.0 Å². The van der Waals surface area contributed by atoms with E-state index in [-0.39, 0.29) is 34.9 Å². The van der Waals surface area contributed by atoms with Crippen molar-refractivity contribution in [2.45, 2.75) is 41.2 Å². The smallest absolute Gasteiger partial charge is 0.243 e. The van der Waals surface area contributed by atoms with Gasteiger partial charge in [0.15, 0.2) is 0 Å². The van der Waals surface area contributed by atoms with E-state index in [0.717, 1.165) is 25.9 Å². The zero-order valence-electron chi connectivity index (χ0n) is 22.0. The Kier molecular flexibility index (Phi) is 8.38. The maximum absolute atomic E-state index is 13.8. The zero-order chi connectivity index (χ0) is 27.5. The van der Waals surface area contributed by atoms with Gasteiger partial charge in [0.25, 0.3) is 0 Å². The second-order valence-corrected chi connectivity index (χ2v) is 13.7. The molecule has 5 rings (SSSR count). The van der Waals surface area contributed by atoms with Crippen LogP contribution in [0.1, 0.15) is 30.1 Å². The molecule has 3 aromatic rings. The van der Waals surface area contributed by atoms with Crippen molar-refractivity contribution in [2.24, 2.45) is 0 Å². The lowest BCUT2D eigenvalue weighted by Gasteiger charge is -2.30. The Labute approximate surface area is 230 Å². The number of ether oxygens (including phenoxy) is 2. The quantitative estimate of drug-likeness (QED) is 0.325. The molecule has 2 aromatic carbocycles. The molecule has 0 N–H and O–H groups in total. The first kappa shape index (κ1) is 27.8. The summed E-state index contributed by atoms with van der Waals surface area (Å²) in [6, 6.07) is 15.3. The minimum atomic E-state index is -3.89. The molecule has 12 heteroatoms. The van der Waals surface area contributed by atoms with Crippen LogP contribution in [0.15, 0.2) is 70.8 Å². The average molecular weight is 575 g/mol. The number of nitrogens with zero attached hydrogens (tertiary/aromatic N) is 4. The van der Waals surface area contributed by atoms with Crippen molar-refractivity contribution >= 4 is 19.9 Å². The molecule has 0 unspecified atom stereocenters. The summed E-state index contributed by atoms with van der Waals surface area (Å²) in [6.45, 7) is 3.50. The summed E-state index contributed by atoms with van der Waals surface area (Å²) < 4.78 is 68.3. The monoisotopic (exact) mass is 574 g/mol. The van der Waals surface area contributed by atoms with Gasteiger partial charge in [-0.05, 0) is 42.7 Å². The number of benzene rings is 2. The Bertz CT molecular complexity index is 1460. The number of sulfonamides is 1. The predicted molar refractivity (Wildman–Crippen MR) is 146 cm³/mol. The third-order valence-electron chi connectivity index (χ3n) is 7.03. The van der Waals surface area contributed by atoms with Gasteiger partial charge in [-0.1, -0.05) is 30.3 Å². The van der Waals surface area contributed by atoms with Gasteiger partial charge in [-0.25, -0.2) is 21.8 Å². The average Bonchev–Trinajstić information content (AvgIpc) is 3.70. The van der Waals surface area contributed by atoms with Crippen LogP contribution in [-0.4, -0.2) is 82.1 Å². The molecule has 0 radical (unpaired) electrons. The number of rotatable bonds is 12. The van der Waals surface area contributed by atoms with Crippen molar-refractivity contribution in [3.63, 3.8) is 0 Å². The number of methoxy groups -OCH3 is 1. The number of hydrogen-bond donors (Lipinski definition) is 0. The van der Waals surface area contributed by atoms with E-state index in [1.165, 1.54) is 29.7 Å². The second kappa shape index (κ2) is 11.8. The van der Waals surface area contributed by atoms with Gasteiger partial charge < -0.3 is 14.0 Å². The molecule has 0 spiro atoms. The van der Waals surface area contributed by atoms with Crippen LogP contribution < -0.4 is 4.74 Å². The van der Waals surface area contributed by atoms with E-state index in [1.807, 2.05) is 6.07 Å². The Balaban J connectivity index is 1.45. The van der Waals surface area contributed by atoms with Gasteiger partial charge in [0.2, 0.25) is 25.0 Å². The lowest BCUT2D eigenvalue weighted by molar-refractivity contribution is 0.0361. The minimum Gasteiger partial charge on any atom is -0.497 e. The second-order valence-electron chi connectivity index (χ2n) is 9.85. The summed E-state index contributed by atoms with van der Waals surface area (Å²) in [7, 11) is -6.11. The molecule has 210 valence electrons. The molecule has 2 aliphatic rings. The fraction of sp³-hybridized carbons (Fsp3) is 0.444. The Hall–Kier alpha value is -2.77. The molecule has 1 aliphatic carbocycles. The number of aromatic nitrogens is 2. The van der Waals surface area contributed by atoms with Crippen LogP contribution in [0.3, 0.4) is 0 Å². The summed E-state index contributed by atoms with van der Waals surface area (Å²) >= 11 is 0. The first-order valence-corrected chi connectivity index (χ1v) is 16.1. The van der Waals surface area contributed by atoms with E-state index in [9.17, 15) is 16.8 Å². The Morgan fingerprint density at radius 3 is 2.33 bits per heavy atom. The van der Waals surface area contributed by atoms with Crippen molar-refractivity contribution in [3.8, 4) is 5.75 Å². The van der Waals surface area contributed by atoms with Crippen molar-refractivity contribution in [1.29, 1.82) is 0 Å². The summed E-state index contributed by atoms with van der Waals surface area (Å²) in [6.07, 6.45) is 3.17. The van der Waals surface area contributed by atoms with Crippen LogP contribution >= 0.6 is 0 Å². The van der Waals surface area contributed by atoms with Crippen LogP contribution in [0.4, 0.5) is 0 Å². The van der Waals surface area contributed by atoms with Crippen molar-refractivity contribution in [2.75, 3.05) is 46.5 Å².